The second-order valence-corrected chi connectivity index (χ2v) is 5.30. The van der Waals surface area contributed by atoms with Crippen molar-refractivity contribution in [3.63, 3.8) is 0 Å². The van der Waals surface area contributed by atoms with Crippen LogP contribution in [0.3, 0.4) is 0 Å². The average Bonchev–Trinajstić information content (AvgIpc) is 1.99. The molecule has 1 N–H and O–H groups in total. The van der Waals surface area contributed by atoms with E-state index in [1.807, 2.05) is 7.05 Å². The second kappa shape index (κ2) is 3.82. The Kier molecular flexibility index (Phi) is 3.17. The van der Waals surface area contributed by atoms with Crippen LogP contribution in [0.1, 0.15) is 27.2 Å². The summed E-state index contributed by atoms with van der Waals surface area (Å²) in [6.45, 7) is 9.11. The van der Waals surface area contributed by atoms with Gasteiger partial charge in [-0.15, -0.1) is 0 Å². The summed E-state index contributed by atoms with van der Waals surface area (Å²) in [7, 11) is 1.90. The maximum absolute atomic E-state index is 5.25. The first-order valence-electron chi connectivity index (χ1n) is 4.91. The zero-order valence-corrected chi connectivity index (χ0v) is 9.87. The summed E-state index contributed by atoms with van der Waals surface area (Å²) in [4.78, 5) is 2.28. The van der Waals surface area contributed by atoms with E-state index >= 15 is 0 Å². The summed E-state index contributed by atoms with van der Waals surface area (Å²) in [5.74, 6) is 0.745. The van der Waals surface area contributed by atoms with Gasteiger partial charge in [-0.05, 0) is 30.0 Å². The van der Waals surface area contributed by atoms with Gasteiger partial charge in [0.1, 0.15) is 0 Å². The van der Waals surface area contributed by atoms with Crippen LogP contribution in [0.15, 0.2) is 0 Å². The van der Waals surface area contributed by atoms with Crippen LogP contribution in [0.25, 0.3) is 0 Å². The fourth-order valence-electron chi connectivity index (χ4n) is 2.34. The summed E-state index contributed by atoms with van der Waals surface area (Å²) in [5.41, 5.74) is 0.401. The molecule has 1 fully saturated rings. The highest BCUT2D eigenvalue weighted by Gasteiger charge is 2.31. The maximum Gasteiger partial charge on any atom is 0.168 e. The first-order valence-corrected chi connectivity index (χ1v) is 5.32. The van der Waals surface area contributed by atoms with Crippen molar-refractivity contribution in [2.45, 2.75) is 27.2 Å². The third-order valence-electron chi connectivity index (χ3n) is 2.55. The smallest absolute Gasteiger partial charge is 0.168 e. The molecule has 1 rings (SSSR count). The molecule has 0 aromatic rings. The Morgan fingerprint density at radius 2 is 2.15 bits per heavy atom. The summed E-state index contributed by atoms with van der Waals surface area (Å²) >= 11 is 5.25. The molecule has 1 saturated heterocycles. The highest BCUT2D eigenvalue weighted by molar-refractivity contribution is 7.80. The molecule has 2 nitrogen and oxygen atoms in total. The number of nitrogens with one attached hydrogen (secondary N) is 1. The van der Waals surface area contributed by atoms with Crippen LogP contribution in [0.4, 0.5) is 0 Å². The Balaban J connectivity index is 2.62. The first-order chi connectivity index (χ1) is 5.94. The molecule has 0 saturated carbocycles. The van der Waals surface area contributed by atoms with Gasteiger partial charge in [-0.2, -0.15) is 0 Å². The van der Waals surface area contributed by atoms with Crippen molar-refractivity contribution in [1.82, 2.24) is 10.2 Å². The van der Waals surface area contributed by atoms with Crippen LogP contribution in [-0.4, -0.2) is 30.1 Å². The average molecular weight is 200 g/mol. The molecule has 1 unspecified atom stereocenters. The zero-order valence-electron chi connectivity index (χ0n) is 9.05. The normalized spacial score (nSPS) is 27.1. The second-order valence-electron chi connectivity index (χ2n) is 4.91. The number of rotatable bonds is 0. The summed E-state index contributed by atoms with van der Waals surface area (Å²) in [6.07, 6.45) is 1.30. The fraction of sp³-hybridized carbons (Fsp3) is 0.900. The molecule has 0 bridgehead atoms. The molecule has 0 aliphatic carbocycles. The number of hydrogen-bond acceptors (Lipinski definition) is 1. The van der Waals surface area contributed by atoms with E-state index in [4.69, 9.17) is 12.2 Å². The number of piperidine rings is 1. The molecule has 1 atom stereocenters. The van der Waals surface area contributed by atoms with Gasteiger partial charge in [0.15, 0.2) is 5.11 Å². The Bertz CT molecular complexity index is 201. The first kappa shape index (κ1) is 10.8. The van der Waals surface area contributed by atoms with Crippen LogP contribution in [-0.2, 0) is 0 Å². The Morgan fingerprint density at radius 3 is 2.62 bits per heavy atom. The van der Waals surface area contributed by atoms with Crippen LogP contribution in [0.5, 0.6) is 0 Å². The largest absolute Gasteiger partial charge is 0.366 e. The lowest BCUT2D eigenvalue weighted by Crippen LogP contribution is -2.49. The standard InChI is InChI=1S/C10H20N2S/c1-8-5-10(2,3)7-12(6-8)9(13)11-4/h8H,5-7H2,1-4H3,(H,11,13). The summed E-state index contributed by atoms with van der Waals surface area (Å²) in [5, 5.41) is 3.94. The van der Waals surface area contributed by atoms with Gasteiger partial charge in [0.2, 0.25) is 0 Å². The zero-order chi connectivity index (χ0) is 10.1. The van der Waals surface area contributed by atoms with Gasteiger partial charge in [0.25, 0.3) is 0 Å². The van der Waals surface area contributed by atoms with Crippen molar-refractivity contribution < 1.29 is 0 Å². The molecule has 1 heterocycles. The molecule has 76 valence electrons. The van der Waals surface area contributed by atoms with Crippen LogP contribution < -0.4 is 5.32 Å². The van der Waals surface area contributed by atoms with E-state index in [0.717, 1.165) is 24.1 Å². The van der Waals surface area contributed by atoms with Crippen molar-refractivity contribution in [3.05, 3.63) is 0 Å². The van der Waals surface area contributed by atoms with E-state index in [1.165, 1.54) is 6.42 Å². The lowest BCUT2D eigenvalue weighted by molar-refractivity contribution is 0.132. The number of hydrogen-bond donors (Lipinski definition) is 1. The van der Waals surface area contributed by atoms with Crippen LogP contribution in [0, 0.1) is 11.3 Å². The van der Waals surface area contributed by atoms with E-state index in [1.54, 1.807) is 0 Å². The number of thiocarbonyl (C=S) groups is 1. The monoisotopic (exact) mass is 200 g/mol. The number of likely N-dealkylation sites (tertiary alicyclic amines) is 1. The van der Waals surface area contributed by atoms with Crippen molar-refractivity contribution in [2.75, 3.05) is 20.1 Å². The fourth-order valence-corrected chi connectivity index (χ4v) is 2.48. The minimum absolute atomic E-state index is 0.401. The highest BCUT2D eigenvalue weighted by atomic mass is 32.1. The van der Waals surface area contributed by atoms with Gasteiger partial charge in [-0.25, -0.2) is 0 Å². The molecule has 0 radical (unpaired) electrons. The number of nitrogens with zero attached hydrogens (tertiary/aromatic N) is 1. The third-order valence-corrected chi connectivity index (χ3v) is 3.02. The van der Waals surface area contributed by atoms with E-state index in [-0.39, 0.29) is 0 Å². The van der Waals surface area contributed by atoms with E-state index in [0.29, 0.717) is 5.41 Å². The molecule has 13 heavy (non-hydrogen) atoms. The molecule has 0 aromatic carbocycles. The van der Waals surface area contributed by atoms with Gasteiger partial charge in [-0.1, -0.05) is 20.8 Å². The summed E-state index contributed by atoms with van der Waals surface area (Å²) in [6, 6.07) is 0. The lowest BCUT2D eigenvalue weighted by atomic mass is 9.79. The molecular weight excluding hydrogens is 180 g/mol. The Morgan fingerprint density at radius 1 is 1.54 bits per heavy atom. The quantitative estimate of drug-likeness (QED) is 0.601. The highest BCUT2D eigenvalue weighted by Crippen LogP contribution is 2.31. The van der Waals surface area contributed by atoms with Crippen molar-refractivity contribution in [1.29, 1.82) is 0 Å². The van der Waals surface area contributed by atoms with E-state index in [9.17, 15) is 0 Å². The molecular formula is C10H20N2S. The van der Waals surface area contributed by atoms with Crippen LogP contribution >= 0.6 is 12.2 Å². The maximum atomic E-state index is 5.25. The lowest BCUT2D eigenvalue weighted by Gasteiger charge is -2.42. The van der Waals surface area contributed by atoms with E-state index < -0.39 is 0 Å². The molecule has 1 aliphatic rings. The van der Waals surface area contributed by atoms with Gasteiger partial charge in [0, 0.05) is 20.1 Å². The minimum Gasteiger partial charge on any atom is -0.366 e. The molecule has 0 amide bonds. The Hall–Kier alpha value is -0.310. The van der Waals surface area contributed by atoms with Gasteiger partial charge < -0.3 is 10.2 Å². The van der Waals surface area contributed by atoms with Crippen molar-refractivity contribution in [2.24, 2.45) is 11.3 Å². The van der Waals surface area contributed by atoms with Gasteiger partial charge >= 0.3 is 0 Å². The predicted molar refractivity (Wildman–Crippen MR) is 60.8 cm³/mol. The van der Waals surface area contributed by atoms with Crippen molar-refractivity contribution in [3.8, 4) is 0 Å². The summed E-state index contributed by atoms with van der Waals surface area (Å²) < 4.78 is 0. The van der Waals surface area contributed by atoms with Gasteiger partial charge in [-0.3, -0.25) is 0 Å². The topological polar surface area (TPSA) is 15.3 Å². The van der Waals surface area contributed by atoms with E-state index in [2.05, 4.69) is 31.0 Å². The molecule has 1 aliphatic heterocycles. The van der Waals surface area contributed by atoms with Crippen LogP contribution in [0.2, 0.25) is 0 Å². The SMILES string of the molecule is CNC(=S)N1CC(C)CC(C)(C)C1. The molecule has 3 heteroatoms. The third kappa shape index (κ3) is 2.83. The molecule has 0 aromatic heterocycles. The predicted octanol–water partition coefficient (Wildman–Crippen LogP) is 1.86. The Labute approximate surface area is 86.7 Å². The van der Waals surface area contributed by atoms with Gasteiger partial charge in [0.05, 0.1) is 0 Å². The molecule has 0 spiro atoms. The minimum atomic E-state index is 0.401. The van der Waals surface area contributed by atoms with Crippen molar-refractivity contribution >= 4 is 17.3 Å².